The van der Waals surface area contributed by atoms with Gasteiger partial charge in [0.15, 0.2) is 0 Å². The fraction of sp³-hybridized carbons (Fsp3) is 0.438. The van der Waals surface area contributed by atoms with Crippen LogP contribution >= 0.6 is 0 Å². The van der Waals surface area contributed by atoms with Crippen molar-refractivity contribution in [3.8, 4) is 0 Å². The van der Waals surface area contributed by atoms with Gasteiger partial charge >= 0.3 is 5.97 Å². The quantitative estimate of drug-likeness (QED) is 0.722. The number of amides is 2. The van der Waals surface area contributed by atoms with E-state index in [2.05, 4.69) is 5.32 Å². The molecule has 1 saturated heterocycles. The Labute approximate surface area is 151 Å². The number of hydrogen-bond donors (Lipinski definition) is 2. The molecular formula is C16H21N3O6S. The number of carboxylic acids is 1. The van der Waals surface area contributed by atoms with E-state index in [1.165, 1.54) is 40.4 Å². The average molecular weight is 383 g/mol. The van der Waals surface area contributed by atoms with Gasteiger partial charge < -0.3 is 15.3 Å². The number of benzene rings is 1. The lowest BCUT2D eigenvalue weighted by molar-refractivity contribution is -0.136. The molecule has 0 radical (unpaired) electrons. The standard InChI is InChI=1S/C16H21N3O6S/c1-11(17-12(2)20)15(21)18-7-9-19(10-8-18)26(24,25)14-5-3-13(4-6-14)16(22)23/h3-6,11H,7-10H2,1-2H3,(H,17,20)(H,22,23). The molecule has 0 spiro atoms. The summed E-state index contributed by atoms with van der Waals surface area (Å²) >= 11 is 0. The van der Waals surface area contributed by atoms with E-state index in [1.54, 1.807) is 6.92 Å². The number of carboxylic acid groups (broad SMARTS) is 1. The molecule has 0 aliphatic carbocycles. The third-order valence-corrected chi connectivity index (χ3v) is 5.99. The highest BCUT2D eigenvalue weighted by atomic mass is 32.2. The fourth-order valence-electron chi connectivity index (χ4n) is 2.71. The van der Waals surface area contributed by atoms with Crippen LogP contribution in [0.3, 0.4) is 0 Å². The van der Waals surface area contributed by atoms with Gasteiger partial charge in [-0.25, -0.2) is 13.2 Å². The highest BCUT2D eigenvalue weighted by Crippen LogP contribution is 2.18. The molecule has 2 N–H and O–H groups in total. The molecule has 142 valence electrons. The Kier molecular flexibility index (Phi) is 5.98. The van der Waals surface area contributed by atoms with Crippen LogP contribution in [0.25, 0.3) is 0 Å². The largest absolute Gasteiger partial charge is 0.478 e. The first-order chi connectivity index (χ1) is 12.1. The van der Waals surface area contributed by atoms with Gasteiger partial charge in [0.1, 0.15) is 6.04 Å². The molecule has 1 heterocycles. The van der Waals surface area contributed by atoms with E-state index in [0.29, 0.717) is 0 Å². The van der Waals surface area contributed by atoms with Crippen LogP contribution in [0.1, 0.15) is 24.2 Å². The zero-order chi connectivity index (χ0) is 19.5. The van der Waals surface area contributed by atoms with Crippen LogP contribution in [0, 0.1) is 0 Å². The Morgan fingerprint density at radius 2 is 1.62 bits per heavy atom. The lowest BCUT2D eigenvalue weighted by Crippen LogP contribution is -2.54. The molecule has 1 fully saturated rings. The minimum atomic E-state index is -3.76. The van der Waals surface area contributed by atoms with E-state index in [4.69, 9.17) is 5.11 Å². The smallest absolute Gasteiger partial charge is 0.335 e. The molecule has 1 atom stereocenters. The second-order valence-electron chi connectivity index (χ2n) is 5.98. The summed E-state index contributed by atoms with van der Waals surface area (Å²) in [5, 5.41) is 11.4. The van der Waals surface area contributed by atoms with Crippen LogP contribution in [0.4, 0.5) is 0 Å². The highest BCUT2D eigenvalue weighted by molar-refractivity contribution is 7.89. The Hall–Kier alpha value is -2.46. The Morgan fingerprint density at radius 3 is 2.08 bits per heavy atom. The first-order valence-corrected chi connectivity index (χ1v) is 9.46. The summed E-state index contributed by atoms with van der Waals surface area (Å²) < 4.78 is 26.5. The summed E-state index contributed by atoms with van der Waals surface area (Å²) in [7, 11) is -3.76. The molecule has 1 aliphatic heterocycles. The summed E-state index contributed by atoms with van der Waals surface area (Å²) in [5.74, 6) is -1.70. The van der Waals surface area contributed by atoms with Gasteiger partial charge in [-0.05, 0) is 31.2 Å². The number of nitrogens with zero attached hydrogens (tertiary/aromatic N) is 2. The predicted octanol–water partition coefficient (Wildman–Crippen LogP) is -0.258. The van der Waals surface area contributed by atoms with E-state index < -0.39 is 22.0 Å². The fourth-order valence-corrected chi connectivity index (χ4v) is 4.13. The van der Waals surface area contributed by atoms with Crippen molar-refractivity contribution in [2.45, 2.75) is 24.8 Å². The van der Waals surface area contributed by atoms with Gasteiger partial charge in [-0.3, -0.25) is 9.59 Å². The van der Waals surface area contributed by atoms with Crippen LogP contribution in [0.15, 0.2) is 29.2 Å². The van der Waals surface area contributed by atoms with Crippen molar-refractivity contribution in [2.75, 3.05) is 26.2 Å². The van der Waals surface area contributed by atoms with Gasteiger partial charge in [-0.1, -0.05) is 0 Å². The van der Waals surface area contributed by atoms with Crippen LogP contribution in [0.2, 0.25) is 0 Å². The van der Waals surface area contributed by atoms with Crippen LogP contribution in [0.5, 0.6) is 0 Å². The summed E-state index contributed by atoms with van der Waals surface area (Å²) in [5.41, 5.74) is 0.00586. The number of hydrogen-bond acceptors (Lipinski definition) is 5. The van der Waals surface area contributed by atoms with Gasteiger partial charge in [0.2, 0.25) is 21.8 Å². The molecule has 1 unspecified atom stereocenters. The number of aromatic carboxylic acids is 1. The summed E-state index contributed by atoms with van der Waals surface area (Å²) in [4.78, 5) is 35.7. The molecule has 0 bridgehead atoms. The zero-order valence-corrected chi connectivity index (χ0v) is 15.3. The molecule has 10 heteroatoms. The maximum atomic E-state index is 12.6. The second-order valence-corrected chi connectivity index (χ2v) is 7.92. The van der Waals surface area contributed by atoms with Gasteiger partial charge in [-0.15, -0.1) is 0 Å². The lowest BCUT2D eigenvalue weighted by Gasteiger charge is -2.35. The van der Waals surface area contributed by atoms with Crippen molar-refractivity contribution in [1.29, 1.82) is 0 Å². The first kappa shape index (κ1) is 19.9. The molecular weight excluding hydrogens is 362 g/mol. The summed E-state index contributed by atoms with van der Waals surface area (Å²) in [6, 6.07) is 4.33. The maximum Gasteiger partial charge on any atom is 0.335 e. The SMILES string of the molecule is CC(=O)NC(C)C(=O)N1CCN(S(=O)(=O)c2ccc(C(=O)O)cc2)CC1. The Morgan fingerprint density at radius 1 is 1.08 bits per heavy atom. The molecule has 1 aliphatic rings. The average Bonchev–Trinajstić information content (AvgIpc) is 2.60. The number of piperazine rings is 1. The van der Waals surface area contributed by atoms with Gasteiger partial charge in [0.25, 0.3) is 0 Å². The van der Waals surface area contributed by atoms with E-state index in [-0.39, 0.29) is 48.5 Å². The van der Waals surface area contributed by atoms with Crippen molar-refractivity contribution >= 4 is 27.8 Å². The number of sulfonamides is 1. The minimum Gasteiger partial charge on any atom is -0.478 e. The van der Waals surface area contributed by atoms with Crippen molar-refractivity contribution < 1.29 is 27.9 Å². The minimum absolute atomic E-state index is 0.00586. The molecule has 0 aromatic heterocycles. The Balaban J connectivity index is 2.03. The zero-order valence-electron chi connectivity index (χ0n) is 14.5. The number of nitrogens with one attached hydrogen (secondary N) is 1. The molecule has 2 rings (SSSR count). The van der Waals surface area contributed by atoms with Crippen LogP contribution in [-0.2, 0) is 19.6 Å². The maximum absolute atomic E-state index is 12.6. The van der Waals surface area contributed by atoms with Crippen molar-refractivity contribution in [3.63, 3.8) is 0 Å². The molecule has 2 amide bonds. The molecule has 9 nitrogen and oxygen atoms in total. The molecule has 1 aromatic rings. The second kappa shape index (κ2) is 7.83. The number of carbonyl (C=O) groups excluding carboxylic acids is 2. The summed E-state index contributed by atoms with van der Waals surface area (Å²) in [6.07, 6.45) is 0. The number of rotatable bonds is 5. The first-order valence-electron chi connectivity index (χ1n) is 8.02. The molecule has 0 saturated carbocycles. The third kappa shape index (κ3) is 4.38. The Bertz CT molecular complexity index is 798. The summed E-state index contributed by atoms with van der Waals surface area (Å²) in [6.45, 7) is 3.59. The van der Waals surface area contributed by atoms with Gasteiger partial charge in [0, 0.05) is 33.1 Å². The van der Waals surface area contributed by atoms with Gasteiger partial charge in [-0.2, -0.15) is 4.31 Å². The van der Waals surface area contributed by atoms with E-state index in [9.17, 15) is 22.8 Å². The highest BCUT2D eigenvalue weighted by Gasteiger charge is 2.31. The van der Waals surface area contributed by atoms with E-state index in [1.807, 2.05) is 0 Å². The van der Waals surface area contributed by atoms with E-state index >= 15 is 0 Å². The number of carbonyl (C=O) groups is 3. The third-order valence-electron chi connectivity index (χ3n) is 4.08. The van der Waals surface area contributed by atoms with Crippen molar-refractivity contribution in [2.24, 2.45) is 0 Å². The topological polar surface area (TPSA) is 124 Å². The molecule has 26 heavy (non-hydrogen) atoms. The predicted molar refractivity (Wildman–Crippen MR) is 92.0 cm³/mol. The van der Waals surface area contributed by atoms with Crippen LogP contribution < -0.4 is 5.32 Å². The molecule has 1 aromatic carbocycles. The lowest BCUT2D eigenvalue weighted by atomic mass is 10.2. The monoisotopic (exact) mass is 383 g/mol. The van der Waals surface area contributed by atoms with Crippen LogP contribution in [-0.4, -0.2) is 72.7 Å². The normalized spacial score (nSPS) is 16.8. The van der Waals surface area contributed by atoms with E-state index in [0.717, 1.165) is 0 Å². The van der Waals surface area contributed by atoms with Gasteiger partial charge in [0.05, 0.1) is 10.5 Å². The van der Waals surface area contributed by atoms with Crippen molar-refractivity contribution in [3.05, 3.63) is 29.8 Å². The van der Waals surface area contributed by atoms with Crippen molar-refractivity contribution in [1.82, 2.24) is 14.5 Å².